The molecular formula is C15H21N3O. The van der Waals surface area contributed by atoms with E-state index in [2.05, 4.69) is 23.4 Å². The fourth-order valence-electron chi connectivity index (χ4n) is 1.97. The first-order chi connectivity index (χ1) is 9.26. The van der Waals surface area contributed by atoms with Crippen molar-refractivity contribution in [3.8, 4) is 11.4 Å². The van der Waals surface area contributed by atoms with Crippen LogP contribution in [0.1, 0.15) is 31.9 Å². The van der Waals surface area contributed by atoms with E-state index in [0.29, 0.717) is 19.1 Å². The van der Waals surface area contributed by atoms with E-state index in [0.717, 1.165) is 17.9 Å². The van der Waals surface area contributed by atoms with Crippen LogP contribution in [0.3, 0.4) is 0 Å². The first-order valence-corrected chi connectivity index (χ1v) is 6.71. The van der Waals surface area contributed by atoms with Crippen molar-refractivity contribution in [2.45, 2.75) is 26.2 Å². The standard InChI is InChI=1S/C15H21N3O/c1-3-12(2)15-10-17-11-18(15)13-4-6-14(7-5-13)19-9-8-16/h4-7,10-12H,3,8-9,16H2,1-2H3. The maximum absolute atomic E-state index is 5.48. The van der Waals surface area contributed by atoms with Gasteiger partial charge in [-0.3, -0.25) is 0 Å². The summed E-state index contributed by atoms with van der Waals surface area (Å²) in [6.45, 7) is 5.47. The maximum atomic E-state index is 5.48. The normalized spacial score (nSPS) is 12.4. The molecule has 2 aromatic rings. The molecule has 102 valence electrons. The summed E-state index contributed by atoms with van der Waals surface area (Å²) in [6, 6.07) is 8.01. The predicted molar refractivity (Wildman–Crippen MR) is 76.8 cm³/mol. The number of nitrogens with two attached hydrogens (primary N) is 1. The molecule has 0 amide bonds. The van der Waals surface area contributed by atoms with E-state index < -0.39 is 0 Å². The van der Waals surface area contributed by atoms with E-state index in [9.17, 15) is 0 Å². The van der Waals surface area contributed by atoms with Crippen molar-refractivity contribution >= 4 is 0 Å². The third-order valence-electron chi connectivity index (χ3n) is 3.29. The number of nitrogens with zero attached hydrogens (tertiary/aromatic N) is 2. The maximum Gasteiger partial charge on any atom is 0.119 e. The lowest BCUT2D eigenvalue weighted by Crippen LogP contribution is -2.10. The van der Waals surface area contributed by atoms with Gasteiger partial charge in [0.25, 0.3) is 0 Å². The number of benzene rings is 1. The van der Waals surface area contributed by atoms with Gasteiger partial charge in [-0.15, -0.1) is 0 Å². The van der Waals surface area contributed by atoms with Crippen LogP contribution < -0.4 is 10.5 Å². The highest BCUT2D eigenvalue weighted by Crippen LogP contribution is 2.23. The Bertz CT molecular complexity index is 504. The van der Waals surface area contributed by atoms with E-state index in [1.165, 1.54) is 5.69 Å². The molecule has 1 heterocycles. The van der Waals surface area contributed by atoms with Gasteiger partial charge in [0.15, 0.2) is 0 Å². The Kier molecular flexibility index (Phi) is 4.58. The topological polar surface area (TPSA) is 53.1 Å². The molecule has 0 aliphatic heterocycles. The Balaban J connectivity index is 2.20. The summed E-state index contributed by atoms with van der Waals surface area (Å²) < 4.78 is 7.60. The van der Waals surface area contributed by atoms with Crippen molar-refractivity contribution in [1.82, 2.24) is 9.55 Å². The summed E-state index contributed by atoms with van der Waals surface area (Å²) in [5.74, 6) is 1.34. The Labute approximate surface area is 114 Å². The van der Waals surface area contributed by atoms with Crippen molar-refractivity contribution < 1.29 is 4.74 Å². The van der Waals surface area contributed by atoms with E-state index >= 15 is 0 Å². The summed E-state index contributed by atoms with van der Waals surface area (Å²) >= 11 is 0. The molecule has 0 saturated heterocycles. The van der Waals surface area contributed by atoms with E-state index in [-0.39, 0.29) is 0 Å². The van der Waals surface area contributed by atoms with Crippen LogP contribution in [0, 0.1) is 0 Å². The summed E-state index contributed by atoms with van der Waals surface area (Å²) in [7, 11) is 0. The zero-order chi connectivity index (χ0) is 13.7. The molecule has 2 N–H and O–H groups in total. The molecule has 0 bridgehead atoms. The molecule has 0 radical (unpaired) electrons. The average molecular weight is 259 g/mol. The molecule has 0 aliphatic carbocycles. The highest BCUT2D eigenvalue weighted by Gasteiger charge is 2.10. The van der Waals surface area contributed by atoms with Crippen molar-refractivity contribution in [3.05, 3.63) is 42.5 Å². The van der Waals surface area contributed by atoms with E-state index in [1.807, 2.05) is 36.8 Å². The number of aromatic nitrogens is 2. The summed E-state index contributed by atoms with van der Waals surface area (Å²) in [5, 5.41) is 0. The smallest absolute Gasteiger partial charge is 0.119 e. The lowest BCUT2D eigenvalue weighted by molar-refractivity contribution is 0.328. The minimum atomic E-state index is 0.496. The first-order valence-electron chi connectivity index (χ1n) is 6.71. The Hall–Kier alpha value is -1.81. The van der Waals surface area contributed by atoms with Gasteiger partial charge in [-0.05, 0) is 36.6 Å². The SMILES string of the molecule is CCC(C)c1cncn1-c1ccc(OCCN)cc1. The van der Waals surface area contributed by atoms with Gasteiger partial charge in [0, 0.05) is 24.1 Å². The number of imidazole rings is 1. The van der Waals surface area contributed by atoms with E-state index in [1.54, 1.807) is 0 Å². The van der Waals surface area contributed by atoms with Crippen LogP contribution in [0.25, 0.3) is 5.69 Å². The van der Waals surface area contributed by atoms with Crippen LogP contribution in [-0.4, -0.2) is 22.7 Å². The summed E-state index contributed by atoms with van der Waals surface area (Å²) in [4.78, 5) is 4.25. The zero-order valence-corrected chi connectivity index (χ0v) is 11.5. The van der Waals surface area contributed by atoms with Crippen LogP contribution in [-0.2, 0) is 0 Å². The molecule has 1 unspecified atom stereocenters. The van der Waals surface area contributed by atoms with Gasteiger partial charge in [0.2, 0.25) is 0 Å². The molecule has 0 fully saturated rings. The van der Waals surface area contributed by atoms with Gasteiger partial charge in [0.05, 0.1) is 6.33 Å². The molecule has 1 atom stereocenters. The van der Waals surface area contributed by atoms with Gasteiger partial charge in [-0.1, -0.05) is 13.8 Å². The van der Waals surface area contributed by atoms with Crippen molar-refractivity contribution in [2.24, 2.45) is 5.73 Å². The lowest BCUT2D eigenvalue weighted by Gasteiger charge is -2.13. The summed E-state index contributed by atoms with van der Waals surface area (Å²) in [5.41, 5.74) is 7.75. The Morgan fingerprint density at radius 2 is 2.05 bits per heavy atom. The van der Waals surface area contributed by atoms with Gasteiger partial charge in [-0.2, -0.15) is 0 Å². The second kappa shape index (κ2) is 6.38. The van der Waals surface area contributed by atoms with Gasteiger partial charge in [-0.25, -0.2) is 4.98 Å². The lowest BCUT2D eigenvalue weighted by atomic mass is 10.1. The Morgan fingerprint density at radius 1 is 1.32 bits per heavy atom. The third kappa shape index (κ3) is 3.15. The molecule has 19 heavy (non-hydrogen) atoms. The number of ether oxygens (including phenoxy) is 1. The van der Waals surface area contributed by atoms with Gasteiger partial charge < -0.3 is 15.0 Å². The molecule has 0 aliphatic rings. The molecule has 4 heteroatoms. The quantitative estimate of drug-likeness (QED) is 0.867. The molecule has 1 aromatic heterocycles. The van der Waals surface area contributed by atoms with Crippen molar-refractivity contribution in [3.63, 3.8) is 0 Å². The molecule has 4 nitrogen and oxygen atoms in total. The minimum absolute atomic E-state index is 0.496. The third-order valence-corrected chi connectivity index (χ3v) is 3.29. The second-order valence-electron chi connectivity index (χ2n) is 4.63. The largest absolute Gasteiger partial charge is 0.492 e. The molecular weight excluding hydrogens is 238 g/mol. The number of rotatable bonds is 6. The van der Waals surface area contributed by atoms with Crippen molar-refractivity contribution in [1.29, 1.82) is 0 Å². The van der Waals surface area contributed by atoms with Gasteiger partial charge in [0.1, 0.15) is 12.4 Å². The second-order valence-corrected chi connectivity index (χ2v) is 4.63. The molecule has 2 rings (SSSR count). The number of hydrogen-bond donors (Lipinski definition) is 1. The Morgan fingerprint density at radius 3 is 2.68 bits per heavy atom. The van der Waals surface area contributed by atoms with Crippen LogP contribution in [0.5, 0.6) is 5.75 Å². The zero-order valence-electron chi connectivity index (χ0n) is 11.5. The van der Waals surface area contributed by atoms with Crippen LogP contribution in [0.4, 0.5) is 0 Å². The van der Waals surface area contributed by atoms with E-state index in [4.69, 9.17) is 10.5 Å². The minimum Gasteiger partial charge on any atom is -0.492 e. The molecule has 1 aromatic carbocycles. The average Bonchev–Trinajstić information content (AvgIpc) is 2.94. The monoisotopic (exact) mass is 259 g/mol. The highest BCUT2D eigenvalue weighted by atomic mass is 16.5. The fraction of sp³-hybridized carbons (Fsp3) is 0.400. The number of hydrogen-bond acceptors (Lipinski definition) is 3. The summed E-state index contributed by atoms with van der Waals surface area (Å²) in [6.07, 6.45) is 4.90. The van der Waals surface area contributed by atoms with Crippen LogP contribution in [0.2, 0.25) is 0 Å². The van der Waals surface area contributed by atoms with Gasteiger partial charge >= 0.3 is 0 Å². The van der Waals surface area contributed by atoms with Crippen LogP contribution >= 0.6 is 0 Å². The molecule has 0 saturated carbocycles. The predicted octanol–water partition coefficient (Wildman–Crippen LogP) is 2.72. The highest BCUT2D eigenvalue weighted by molar-refractivity contribution is 5.39. The first kappa shape index (κ1) is 13.6. The van der Waals surface area contributed by atoms with Crippen molar-refractivity contribution in [2.75, 3.05) is 13.2 Å². The fourth-order valence-corrected chi connectivity index (χ4v) is 1.97. The molecule has 0 spiro atoms. The van der Waals surface area contributed by atoms with Crippen LogP contribution in [0.15, 0.2) is 36.8 Å².